The van der Waals surface area contributed by atoms with E-state index in [9.17, 15) is 14.4 Å². The predicted molar refractivity (Wildman–Crippen MR) is 101 cm³/mol. The number of methoxy groups -OCH3 is 2. The molecule has 0 aliphatic carbocycles. The second kappa shape index (κ2) is 9.00. The first-order valence-corrected chi connectivity index (χ1v) is 8.41. The molecule has 0 aliphatic heterocycles. The smallest absolute Gasteiger partial charge is 0.339 e. The Morgan fingerprint density at radius 3 is 2.15 bits per heavy atom. The maximum Gasteiger partial charge on any atom is 0.339 e. The lowest BCUT2D eigenvalue weighted by Gasteiger charge is -2.08. The van der Waals surface area contributed by atoms with Gasteiger partial charge in [-0.05, 0) is 43.2 Å². The van der Waals surface area contributed by atoms with E-state index < -0.39 is 5.97 Å². The number of nitrogens with one attached hydrogen (secondary N) is 3. The molecule has 0 atom stereocenters. The van der Waals surface area contributed by atoms with Crippen molar-refractivity contribution in [2.45, 2.75) is 20.3 Å². The van der Waals surface area contributed by atoms with E-state index in [0.717, 1.165) is 0 Å². The number of hydrogen-bond acceptors (Lipinski definition) is 5. The first kappa shape index (κ1) is 20.2. The molecule has 8 heteroatoms. The van der Waals surface area contributed by atoms with E-state index in [1.807, 2.05) is 6.92 Å². The number of aryl methyl sites for hydroxylation is 1. The van der Waals surface area contributed by atoms with Crippen LogP contribution in [0.3, 0.4) is 0 Å². The molecule has 1 heterocycles. The molecule has 0 saturated heterocycles. The molecule has 0 radical (unpaired) electrons. The maximum absolute atomic E-state index is 12.6. The molecule has 3 N–H and O–H groups in total. The Hall–Kier alpha value is -3.13. The molecule has 2 amide bonds. The number of aromatic amines is 1. The number of anilines is 2. The van der Waals surface area contributed by atoms with Gasteiger partial charge in [-0.1, -0.05) is 6.92 Å². The van der Waals surface area contributed by atoms with Gasteiger partial charge in [0, 0.05) is 24.2 Å². The Bertz CT molecular complexity index is 840. The van der Waals surface area contributed by atoms with Crippen LogP contribution in [0.25, 0.3) is 0 Å². The van der Waals surface area contributed by atoms with Crippen LogP contribution in [-0.2, 0) is 20.7 Å². The minimum absolute atomic E-state index is 0.0348. The Kier molecular flexibility index (Phi) is 6.73. The largest absolute Gasteiger partial charge is 0.465 e. The fourth-order valence-corrected chi connectivity index (χ4v) is 2.69. The molecule has 2 aromatic rings. The van der Waals surface area contributed by atoms with Crippen LogP contribution in [-0.4, -0.2) is 43.6 Å². The number of ether oxygens (including phenoxy) is 2. The molecule has 0 saturated carbocycles. The summed E-state index contributed by atoms with van der Waals surface area (Å²) in [6.07, 6.45) is 0.564. The summed E-state index contributed by atoms with van der Waals surface area (Å²) in [4.78, 5) is 39.1. The van der Waals surface area contributed by atoms with Gasteiger partial charge in [0.15, 0.2) is 0 Å². The van der Waals surface area contributed by atoms with Crippen molar-refractivity contribution >= 4 is 29.2 Å². The standard InChI is InChI=1S/C19H23N3O5/c1-5-14-16(19(25)27-4)11(2)17(22-14)18(24)21-13-8-6-12(7-9-13)20-15(23)10-26-3/h6-9,22H,5,10H2,1-4H3,(H,20,23)(H,21,24). The minimum atomic E-state index is -0.476. The molecule has 1 aromatic carbocycles. The van der Waals surface area contributed by atoms with Crippen LogP contribution in [0, 0.1) is 6.92 Å². The third-order valence-electron chi connectivity index (χ3n) is 4.00. The van der Waals surface area contributed by atoms with Gasteiger partial charge >= 0.3 is 5.97 Å². The summed E-state index contributed by atoms with van der Waals surface area (Å²) < 4.78 is 9.55. The number of benzene rings is 1. The highest BCUT2D eigenvalue weighted by molar-refractivity contribution is 6.07. The van der Waals surface area contributed by atoms with Crippen LogP contribution >= 0.6 is 0 Å². The van der Waals surface area contributed by atoms with E-state index in [0.29, 0.717) is 40.3 Å². The van der Waals surface area contributed by atoms with Crippen LogP contribution in [0.15, 0.2) is 24.3 Å². The van der Waals surface area contributed by atoms with Gasteiger partial charge in [-0.15, -0.1) is 0 Å². The number of carbonyl (C=O) groups excluding carboxylic acids is 3. The number of carbonyl (C=O) groups is 3. The van der Waals surface area contributed by atoms with Gasteiger partial charge < -0.3 is 25.1 Å². The molecule has 0 unspecified atom stereocenters. The average molecular weight is 373 g/mol. The first-order valence-electron chi connectivity index (χ1n) is 8.41. The summed E-state index contributed by atoms with van der Waals surface area (Å²) in [7, 11) is 2.75. The van der Waals surface area contributed by atoms with E-state index in [4.69, 9.17) is 9.47 Å². The van der Waals surface area contributed by atoms with Crippen molar-refractivity contribution in [3.63, 3.8) is 0 Å². The van der Waals surface area contributed by atoms with Crippen LogP contribution in [0.2, 0.25) is 0 Å². The lowest BCUT2D eigenvalue weighted by atomic mass is 10.1. The molecule has 27 heavy (non-hydrogen) atoms. The summed E-state index contributed by atoms with van der Waals surface area (Å²) >= 11 is 0. The van der Waals surface area contributed by atoms with Gasteiger partial charge in [0.05, 0.1) is 12.7 Å². The highest BCUT2D eigenvalue weighted by atomic mass is 16.5. The summed E-state index contributed by atoms with van der Waals surface area (Å²) in [5, 5.41) is 5.43. The molecule has 2 rings (SSSR count). The van der Waals surface area contributed by atoms with Gasteiger partial charge in [-0.3, -0.25) is 9.59 Å². The highest BCUT2D eigenvalue weighted by Gasteiger charge is 2.23. The Morgan fingerprint density at radius 1 is 1.04 bits per heavy atom. The zero-order chi connectivity index (χ0) is 20.0. The summed E-state index contributed by atoms with van der Waals surface area (Å²) in [6.45, 7) is 3.55. The number of rotatable bonds is 7. The molecule has 0 aliphatic rings. The van der Waals surface area contributed by atoms with Crippen molar-refractivity contribution in [2.24, 2.45) is 0 Å². The maximum atomic E-state index is 12.6. The second-order valence-electron chi connectivity index (χ2n) is 5.84. The zero-order valence-electron chi connectivity index (χ0n) is 15.8. The van der Waals surface area contributed by atoms with Gasteiger partial charge in [0.25, 0.3) is 5.91 Å². The van der Waals surface area contributed by atoms with Gasteiger partial charge in [-0.25, -0.2) is 4.79 Å². The van der Waals surface area contributed by atoms with Gasteiger partial charge in [0.1, 0.15) is 12.3 Å². The summed E-state index contributed by atoms with van der Waals surface area (Å²) in [6, 6.07) is 6.67. The Balaban J connectivity index is 2.14. The second-order valence-corrected chi connectivity index (χ2v) is 5.84. The van der Waals surface area contributed by atoms with E-state index in [2.05, 4.69) is 15.6 Å². The third-order valence-corrected chi connectivity index (χ3v) is 4.00. The van der Waals surface area contributed by atoms with Crippen LogP contribution < -0.4 is 10.6 Å². The van der Waals surface area contributed by atoms with Crippen LogP contribution in [0.5, 0.6) is 0 Å². The molecular formula is C19H23N3O5. The normalized spacial score (nSPS) is 10.4. The molecule has 1 aromatic heterocycles. The lowest BCUT2D eigenvalue weighted by Crippen LogP contribution is -2.17. The fraction of sp³-hybridized carbons (Fsp3) is 0.316. The SMILES string of the molecule is CCc1[nH]c(C(=O)Nc2ccc(NC(=O)COC)cc2)c(C)c1C(=O)OC. The first-order chi connectivity index (χ1) is 12.9. The lowest BCUT2D eigenvalue weighted by molar-refractivity contribution is -0.119. The highest BCUT2D eigenvalue weighted by Crippen LogP contribution is 2.22. The number of H-pyrrole nitrogens is 1. The fourth-order valence-electron chi connectivity index (χ4n) is 2.69. The molecule has 8 nitrogen and oxygen atoms in total. The number of hydrogen-bond donors (Lipinski definition) is 3. The summed E-state index contributed by atoms with van der Waals surface area (Å²) in [5.74, 6) is -1.11. The molecule has 0 bridgehead atoms. The van der Waals surface area contributed by atoms with Gasteiger partial charge in [-0.2, -0.15) is 0 Å². The Labute approximate surface area is 157 Å². The monoisotopic (exact) mass is 373 g/mol. The van der Waals surface area contributed by atoms with Gasteiger partial charge in [0.2, 0.25) is 5.91 Å². The van der Waals surface area contributed by atoms with E-state index in [1.165, 1.54) is 14.2 Å². The predicted octanol–water partition coefficient (Wildman–Crippen LogP) is 2.51. The topological polar surface area (TPSA) is 110 Å². The van der Waals surface area contributed by atoms with Crippen molar-refractivity contribution in [1.82, 2.24) is 4.98 Å². The molecular weight excluding hydrogens is 350 g/mol. The quantitative estimate of drug-likeness (QED) is 0.646. The number of aromatic nitrogens is 1. The third kappa shape index (κ3) is 4.73. The van der Waals surface area contributed by atoms with Crippen LogP contribution in [0.1, 0.15) is 39.0 Å². The molecule has 0 fully saturated rings. The average Bonchev–Trinajstić information content (AvgIpc) is 2.99. The van der Waals surface area contributed by atoms with Crippen molar-refractivity contribution in [3.8, 4) is 0 Å². The van der Waals surface area contributed by atoms with Crippen molar-refractivity contribution < 1.29 is 23.9 Å². The minimum Gasteiger partial charge on any atom is -0.465 e. The van der Waals surface area contributed by atoms with Crippen molar-refractivity contribution in [1.29, 1.82) is 0 Å². The van der Waals surface area contributed by atoms with E-state index in [-0.39, 0.29) is 18.4 Å². The summed E-state index contributed by atoms with van der Waals surface area (Å²) in [5.41, 5.74) is 3.04. The number of esters is 1. The van der Waals surface area contributed by atoms with E-state index >= 15 is 0 Å². The molecule has 0 spiro atoms. The molecule has 144 valence electrons. The van der Waals surface area contributed by atoms with Crippen molar-refractivity contribution in [3.05, 3.63) is 46.8 Å². The van der Waals surface area contributed by atoms with Crippen LogP contribution in [0.4, 0.5) is 11.4 Å². The van der Waals surface area contributed by atoms with Crippen molar-refractivity contribution in [2.75, 3.05) is 31.5 Å². The number of amides is 2. The zero-order valence-corrected chi connectivity index (χ0v) is 15.8. The van der Waals surface area contributed by atoms with E-state index in [1.54, 1.807) is 31.2 Å². The Morgan fingerprint density at radius 2 is 1.63 bits per heavy atom.